The number of ether oxygens (including phenoxy) is 1. The third-order valence-electron chi connectivity index (χ3n) is 7.47. The lowest BCUT2D eigenvalue weighted by atomic mass is 9.52. The highest BCUT2D eigenvalue weighted by Gasteiger charge is 2.62. The van der Waals surface area contributed by atoms with Gasteiger partial charge in [0.05, 0.1) is 5.56 Å². The number of rotatable bonds is 1. The van der Waals surface area contributed by atoms with Crippen LogP contribution in [0.5, 0.6) is 5.75 Å². The van der Waals surface area contributed by atoms with Crippen LogP contribution in [-0.4, -0.2) is 35.5 Å². The largest absolute Gasteiger partial charge is 0.467 e. The quantitative estimate of drug-likeness (QED) is 0.827. The van der Waals surface area contributed by atoms with Gasteiger partial charge in [-0.2, -0.15) is 0 Å². The van der Waals surface area contributed by atoms with E-state index in [2.05, 4.69) is 17.1 Å². The number of fused-ring (bicyclic) bond motifs is 3. The molecule has 5 heteroatoms. The van der Waals surface area contributed by atoms with Crippen LogP contribution in [0.1, 0.15) is 62.2 Å². The van der Waals surface area contributed by atoms with Crippen LogP contribution in [0.3, 0.4) is 0 Å². The zero-order chi connectivity index (χ0) is 18.6. The predicted molar refractivity (Wildman–Crippen MR) is 101 cm³/mol. The van der Waals surface area contributed by atoms with Gasteiger partial charge in [-0.05, 0) is 56.1 Å². The Bertz CT molecular complexity index is 788. The van der Waals surface area contributed by atoms with Crippen molar-refractivity contribution < 1.29 is 14.3 Å². The number of piperidine rings is 1. The van der Waals surface area contributed by atoms with E-state index < -0.39 is 5.72 Å². The van der Waals surface area contributed by atoms with Crippen LogP contribution < -0.4 is 10.1 Å². The first kappa shape index (κ1) is 17.1. The van der Waals surface area contributed by atoms with E-state index in [-0.39, 0.29) is 23.2 Å². The molecule has 5 nitrogen and oxygen atoms in total. The molecule has 1 N–H and O–H groups in total. The molecule has 144 valence electrons. The summed E-state index contributed by atoms with van der Waals surface area (Å²) in [7, 11) is 0. The Labute approximate surface area is 160 Å². The Morgan fingerprint density at radius 3 is 2.78 bits per heavy atom. The van der Waals surface area contributed by atoms with Crippen LogP contribution in [0, 0.1) is 17.3 Å². The van der Waals surface area contributed by atoms with Gasteiger partial charge in [-0.15, -0.1) is 0 Å². The van der Waals surface area contributed by atoms with Gasteiger partial charge in [0.25, 0.3) is 5.91 Å². The van der Waals surface area contributed by atoms with E-state index in [1.54, 1.807) is 0 Å². The second-order valence-electron chi connectivity index (χ2n) is 9.18. The number of hydrogen-bond acceptors (Lipinski definition) is 3. The summed E-state index contributed by atoms with van der Waals surface area (Å²) in [5, 5.41) is 3.20. The maximum absolute atomic E-state index is 13.3. The molecule has 27 heavy (non-hydrogen) atoms. The topological polar surface area (TPSA) is 58.6 Å². The minimum atomic E-state index is -0.656. The Balaban J connectivity index is 1.43. The lowest BCUT2D eigenvalue weighted by molar-refractivity contribution is -0.174. The number of para-hydroxylation sites is 1. The molecule has 1 saturated heterocycles. The second-order valence-corrected chi connectivity index (χ2v) is 9.18. The molecule has 4 atom stereocenters. The molecule has 2 heterocycles. The summed E-state index contributed by atoms with van der Waals surface area (Å²) < 4.78 is 6.45. The monoisotopic (exact) mass is 368 g/mol. The summed E-state index contributed by atoms with van der Waals surface area (Å²) >= 11 is 0. The van der Waals surface area contributed by atoms with E-state index in [1.165, 1.54) is 6.42 Å². The number of nitrogens with one attached hydrogen (secondary N) is 1. The third-order valence-corrected chi connectivity index (χ3v) is 7.47. The van der Waals surface area contributed by atoms with Crippen LogP contribution in [0.4, 0.5) is 0 Å². The van der Waals surface area contributed by atoms with Crippen LogP contribution in [-0.2, 0) is 4.79 Å². The summed E-state index contributed by atoms with van der Waals surface area (Å²) in [4.78, 5) is 28.1. The average molecular weight is 368 g/mol. The van der Waals surface area contributed by atoms with Gasteiger partial charge in [0.2, 0.25) is 5.91 Å². The number of carbonyl (C=O) groups is 2. The van der Waals surface area contributed by atoms with Gasteiger partial charge in [-0.25, -0.2) is 0 Å². The van der Waals surface area contributed by atoms with Gasteiger partial charge in [-0.3, -0.25) is 9.59 Å². The Morgan fingerprint density at radius 1 is 1.22 bits per heavy atom. The number of benzene rings is 1. The third kappa shape index (κ3) is 2.58. The van der Waals surface area contributed by atoms with E-state index in [9.17, 15) is 9.59 Å². The van der Waals surface area contributed by atoms with Crippen molar-refractivity contribution in [2.24, 2.45) is 17.3 Å². The van der Waals surface area contributed by atoms with E-state index in [0.29, 0.717) is 17.2 Å². The molecular weight excluding hydrogens is 340 g/mol. The highest BCUT2D eigenvalue weighted by molar-refractivity contribution is 5.98. The fourth-order valence-electron chi connectivity index (χ4n) is 5.97. The van der Waals surface area contributed by atoms with Crippen molar-refractivity contribution in [3.8, 4) is 5.75 Å². The van der Waals surface area contributed by atoms with Crippen LogP contribution >= 0.6 is 0 Å². The molecule has 2 amide bonds. The molecule has 1 aromatic carbocycles. The van der Waals surface area contributed by atoms with Crippen LogP contribution in [0.15, 0.2) is 24.3 Å². The number of nitrogens with zero attached hydrogens (tertiary/aromatic N) is 1. The Kier molecular flexibility index (Phi) is 3.78. The molecule has 3 saturated carbocycles. The maximum atomic E-state index is 13.3. The van der Waals surface area contributed by atoms with Crippen LogP contribution in [0.2, 0.25) is 0 Å². The summed E-state index contributed by atoms with van der Waals surface area (Å²) in [6, 6.07) is 7.47. The molecule has 1 spiro atoms. The number of likely N-dealkylation sites (tertiary alicyclic amines) is 1. The molecule has 1 aromatic rings. The number of hydrogen-bond donors (Lipinski definition) is 1. The van der Waals surface area contributed by atoms with E-state index >= 15 is 0 Å². The van der Waals surface area contributed by atoms with Gasteiger partial charge < -0.3 is 15.0 Å². The van der Waals surface area contributed by atoms with Crippen molar-refractivity contribution in [3.05, 3.63) is 29.8 Å². The fraction of sp³-hybridized carbons (Fsp3) is 0.636. The summed E-state index contributed by atoms with van der Waals surface area (Å²) in [6.45, 7) is 4.04. The SMILES string of the molecule is C[C@@]12CC[C@@H](C[C@H]1C(=O)N1CCCCC1)[C@]1(C2)NC(=O)c2ccccc2O1. The predicted octanol–water partition coefficient (Wildman–Crippen LogP) is 3.34. The van der Waals surface area contributed by atoms with Crippen molar-refractivity contribution in [1.29, 1.82) is 0 Å². The highest BCUT2D eigenvalue weighted by Crippen LogP contribution is 2.59. The normalized spacial score (nSPS) is 37.5. The average Bonchev–Trinajstić information content (AvgIpc) is 2.68. The molecular formula is C22H28N2O3. The van der Waals surface area contributed by atoms with Gasteiger partial charge in [-0.1, -0.05) is 19.1 Å². The standard InChI is InChI=1S/C22H28N2O3/c1-21-10-9-15(13-17(21)20(26)24-11-5-2-6-12-24)22(14-21)23-19(25)16-7-3-4-8-18(16)27-22/h3-4,7-8,15,17H,2,5-6,9-14H2,1H3,(H,23,25)/t15-,17-,21-,22+/m0/s1. The van der Waals surface area contributed by atoms with Crippen LogP contribution in [0.25, 0.3) is 0 Å². The first-order valence-corrected chi connectivity index (χ1v) is 10.4. The van der Waals surface area contributed by atoms with Crippen molar-refractivity contribution in [3.63, 3.8) is 0 Å². The highest BCUT2D eigenvalue weighted by atomic mass is 16.5. The zero-order valence-electron chi connectivity index (χ0n) is 16.0. The van der Waals surface area contributed by atoms with E-state index in [4.69, 9.17) is 4.74 Å². The van der Waals surface area contributed by atoms with Gasteiger partial charge in [0, 0.05) is 31.3 Å². The summed E-state index contributed by atoms with van der Waals surface area (Å²) in [5.41, 5.74) is -0.171. The molecule has 0 unspecified atom stereocenters. The van der Waals surface area contributed by atoms with E-state index in [0.717, 1.165) is 51.6 Å². The van der Waals surface area contributed by atoms with Gasteiger partial charge >= 0.3 is 0 Å². The van der Waals surface area contributed by atoms with Crippen molar-refractivity contribution in [2.45, 2.75) is 57.6 Å². The minimum absolute atomic E-state index is 0.0492. The Hall–Kier alpha value is -2.04. The molecule has 4 fully saturated rings. The summed E-state index contributed by atoms with van der Waals surface area (Å²) in [6.07, 6.45) is 7.05. The Morgan fingerprint density at radius 2 is 2.00 bits per heavy atom. The van der Waals surface area contributed by atoms with E-state index in [1.807, 2.05) is 24.3 Å². The first-order valence-electron chi connectivity index (χ1n) is 10.4. The van der Waals surface area contributed by atoms with Crippen molar-refractivity contribution in [2.75, 3.05) is 13.1 Å². The second kappa shape index (κ2) is 5.98. The molecule has 6 rings (SSSR count). The lowest BCUT2D eigenvalue weighted by Crippen LogP contribution is -2.69. The lowest BCUT2D eigenvalue weighted by Gasteiger charge is -2.60. The molecule has 2 bridgehead atoms. The molecule has 5 aliphatic rings. The molecule has 3 aliphatic carbocycles. The minimum Gasteiger partial charge on any atom is -0.467 e. The first-order chi connectivity index (χ1) is 13.0. The number of amides is 2. The smallest absolute Gasteiger partial charge is 0.258 e. The van der Waals surface area contributed by atoms with Gasteiger partial charge in [0.15, 0.2) is 5.72 Å². The fourth-order valence-corrected chi connectivity index (χ4v) is 5.97. The zero-order valence-corrected chi connectivity index (χ0v) is 16.0. The van der Waals surface area contributed by atoms with Crippen molar-refractivity contribution in [1.82, 2.24) is 10.2 Å². The van der Waals surface area contributed by atoms with Crippen molar-refractivity contribution >= 4 is 11.8 Å². The molecule has 2 aliphatic heterocycles. The number of carbonyl (C=O) groups excluding carboxylic acids is 2. The summed E-state index contributed by atoms with van der Waals surface area (Å²) in [5.74, 6) is 1.20. The molecule has 0 radical (unpaired) electrons. The van der Waals surface area contributed by atoms with Gasteiger partial charge in [0.1, 0.15) is 5.75 Å². The maximum Gasteiger partial charge on any atom is 0.258 e. The molecule has 0 aromatic heterocycles.